The number of nitrogens with zero attached hydrogens (tertiary/aromatic N) is 1. The summed E-state index contributed by atoms with van der Waals surface area (Å²) in [5.41, 5.74) is 1.07. The summed E-state index contributed by atoms with van der Waals surface area (Å²) >= 11 is 1.25. The van der Waals surface area contributed by atoms with Crippen LogP contribution >= 0.6 is 11.5 Å². The fourth-order valence-electron chi connectivity index (χ4n) is 1.72. The molecule has 2 N–H and O–H groups in total. The van der Waals surface area contributed by atoms with Crippen LogP contribution in [0.25, 0.3) is 0 Å². The number of halogens is 3. The predicted octanol–water partition coefficient (Wildman–Crippen LogP) is 1.47. The van der Waals surface area contributed by atoms with Crippen molar-refractivity contribution in [2.75, 3.05) is 13.1 Å². The Balaban J connectivity index is 1.95. The van der Waals surface area contributed by atoms with Gasteiger partial charge in [-0.05, 0) is 18.0 Å². The van der Waals surface area contributed by atoms with Crippen molar-refractivity contribution in [1.29, 1.82) is 0 Å². The van der Waals surface area contributed by atoms with Gasteiger partial charge in [-0.3, -0.25) is 4.79 Å². The van der Waals surface area contributed by atoms with Crippen molar-refractivity contribution in [2.24, 2.45) is 0 Å². The average molecular weight is 279 g/mol. The number of carbonyl (C=O) groups excluding carboxylic acids is 1. The third-order valence-corrected chi connectivity index (χ3v) is 3.55. The van der Waals surface area contributed by atoms with Crippen LogP contribution in [0, 0.1) is 0 Å². The topological polar surface area (TPSA) is 54.0 Å². The van der Waals surface area contributed by atoms with Crippen LogP contribution in [0.15, 0.2) is 0 Å². The van der Waals surface area contributed by atoms with Gasteiger partial charge in [0.05, 0.1) is 6.42 Å². The Morgan fingerprint density at radius 2 is 2.28 bits per heavy atom. The van der Waals surface area contributed by atoms with Crippen molar-refractivity contribution in [2.45, 2.75) is 25.6 Å². The number of alkyl halides is 3. The molecule has 18 heavy (non-hydrogen) atoms. The molecule has 1 amide bonds. The van der Waals surface area contributed by atoms with Gasteiger partial charge in [0.1, 0.15) is 5.69 Å². The van der Waals surface area contributed by atoms with E-state index in [9.17, 15) is 18.0 Å². The van der Waals surface area contributed by atoms with Crippen molar-refractivity contribution in [1.82, 2.24) is 15.0 Å². The van der Waals surface area contributed by atoms with E-state index in [-0.39, 0.29) is 5.69 Å². The second-order valence-electron chi connectivity index (χ2n) is 3.98. The predicted molar refractivity (Wildman–Crippen MR) is 60.5 cm³/mol. The highest BCUT2D eigenvalue weighted by molar-refractivity contribution is 7.06. The Kier molecular flexibility index (Phi) is 3.86. The standard InChI is InChI=1S/C10H12F3N3OS/c11-10(12,13)2-4-15-9(17)8-6-5-14-3-1-7(6)18-16-8/h14H,1-5H2,(H,15,17). The highest BCUT2D eigenvalue weighted by Crippen LogP contribution is 2.22. The molecule has 0 radical (unpaired) electrons. The van der Waals surface area contributed by atoms with Crippen molar-refractivity contribution in [3.63, 3.8) is 0 Å². The summed E-state index contributed by atoms with van der Waals surface area (Å²) in [6.45, 7) is 0.972. The fourth-order valence-corrected chi connectivity index (χ4v) is 2.58. The first-order valence-corrected chi connectivity index (χ1v) is 6.28. The van der Waals surface area contributed by atoms with E-state index in [4.69, 9.17) is 0 Å². The first-order valence-electron chi connectivity index (χ1n) is 5.50. The minimum atomic E-state index is -4.25. The third-order valence-electron chi connectivity index (χ3n) is 2.61. The first-order chi connectivity index (χ1) is 8.47. The molecule has 2 rings (SSSR count). The summed E-state index contributed by atoms with van der Waals surface area (Å²) in [5.74, 6) is -0.527. The molecule has 0 spiro atoms. The van der Waals surface area contributed by atoms with Crippen LogP contribution < -0.4 is 10.6 Å². The van der Waals surface area contributed by atoms with E-state index < -0.39 is 25.0 Å². The third kappa shape index (κ3) is 3.20. The Morgan fingerprint density at radius 3 is 3.00 bits per heavy atom. The maximum absolute atomic E-state index is 11.9. The van der Waals surface area contributed by atoms with Crippen LogP contribution in [0.3, 0.4) is 0 Å². The quantitative estimate of drug-likeness (QED) is 0.881. The van der Waals surface area contributed by atoms with E-state index in [0.29, 0.717) is 6.54 Å². The number of carbonyl (C=O) groups is 1. The molecule has 0 bridgehead atoms. The molecule has 1 aliphatic heterocycles. The van der Waals surface area contributed by atoms with Gasteiger partial charge in [0.15, 0.2) is 0 Å². The summed E-state index contributed by atoms with van der Waals surface area (Å²) in [6.07, 6.45) is -4.47. The maximum atomic E-state index is 11.9. The van der Waals surface area contributed by atoms with Gasteiger partial charge in [0.2, 0.25) is 0 Å². The monoisotopic (exact) mass is 279 g/mol. The molecule has 1 aliphatic rings. The molecular formula is C10H12F3N3OS. The number of hydrogen-bond donors (Lipinski definition) is 2. The molecule has 2 heterocycles. The summed E-state index contributed by atoms with van der Waals surface area (Å²) in [5, 5.41) is 5.36. The zero-order valence-electron chi connectivity index (χ0n) is 9.43. The number of hydrogen-bond acceptors (Lipinski definition) is 4. The molecule has 4 nitrogen and oxygen atoms in total. The van der Waals surface area contributed by atoms with Gasteiger partial charge in [-0.25, -0.2) is 0 Å². The lowest BCUT2D eigenvalue weighted by atomic mass is 10.1. The Morgan fingerprint density at radius 1 is 1.50 bits per heavy atom. The first kappa shape index (κ1) is 13.3. The minimum Gasteiger partial charge on any atom is -0.350 e. The molecule has 100 valence electrons. The molecular weight excluding hydrogens is 267 g/mol. The van der Waals surface area contributed by atoms with E-state index in [1.807, 2.05) is 0 Å². The molecule has 0 saturated heterocycles. The number of nitrogens with one attached hydrogen (secondary N) is 2. The van der Waals surface area contributed by atoms with Crippen molar-refractivity contribution in [3.05, 3.63) is 16.1 Å². The van der Waals surface area contributed by atoms with Gasteiger partial charge < -0.3 is 10.6 Å². The Bertz CT molecular complexity index is 444. The van der Waals surface area contributed by atoms with E-state index >= 15 is 0 Å². The van der Waals surface area contributed by atoms with Gasteiger partial charge in [-0.1, -0.05) is 0 Å². The average Bonchev–Trinajstić information content (AvgIpc) is 2.70. The molecule has 0 atom stereocenters. The maximum Gasteiger partial charge on any atom is 0.390 e. The second kappa shape index (κ2) is 5.23. The lowest BCUT2D eigenvalue weighted by molar-refractivity contribution is -0.132. The van der Waals surface area contributed by atoms with Crippen LogP contribution in [0.1, 0.15) is 27.3 Å². The molecule has 0 unspecified atom stereocenters. The molecule has 0 aromatic carbocycles. The summed E-state index contributed by atoms with van der Waals surface area (Å²) in [7, 11) is 0. The number of aromatic nitrogens is 1. The fraction of sp³-hybridized carbons (Fsp3) is 0.600. The number of fused-ring (bicyclic) bond motifs is 1. The zero-order chi connectivity index (χ0) is 13.2. The van der Waals surface area contributed by atoms with Gasteiger partial charge >= 0.3 is 6.18 Å². The van der Waals surface area contributed by atoms with Crippen LogP contribution in [0.2, 0.25) is 0 Å². The Labute approximate surface area is 106 Å². The molecule has 1 aromatic rings. The normalized spacial score (nSPS) is 15.3. The lowest BCUT2D eigenvalue weighted by Crippen LogP contribution is -2.30. The van der Waals surface area contributed by atoms with Crippen LogP contribution in [0.5, 0.6) is 0 Å². The lowest BCUT2D eigenvalue weighted by Gasteiger charge is -2.13. The smallest absolute Gasteiger partial charge is 0.350 e. The van der Waals surface area contributed by atoms with Crippen molar-refractivity contribution < 1.29 is 18.0 Å². The highest BCUT2D eigenvalue weighted by Gasteiger charge is 2.27. The summed E-state index contributed by atoms with van der Waals surface area (Å²) in [6, 6.07) is 0. The van der Waals surface area contributed by atoms with Gasteiger partial charge in [0, 0.05) is 30.1 Å². The van der Waals surface area contributed by atoms with Crippen LogP contribution in [-0.4, -0.2) is 29.5 Å². The molecule has 0 saturated carbocycles. The second-order valence-corrected chi connectivity index (χ2v) is 4.84. The minimum absolute atomic E-state index is 0.254. The van der Waals surface area contributed by atoms with E-state index in [1.54, 1.807) is 0 Å². The molecule has 0 fully saturated rings. The SMILES string of the molecule is O=C(NCCC(F)(F)F)c1nsc2c1CNCC2. The van der Waals surface area contributed by atoms with E-state index in [1.165, 1.54) is 11.5 Å². The number of amides is 1. The van der Waals surface area contributed by atoms with Crippen LogP contribution in [-0.2, 0) is 13.0 Å². The van der Waals surface area contributed by atoms with E-state index in [2.05, 4.69) is 15.0 Å². The molecule has 8 heteroatoms. The van der Waals surface area contributed by atoms with Gasteiger partial charge in [-0.2, -0.15) is 17.5 Å². The van der Waals surface area contributed by atoms with Gasteiger partial charge in [0.25, 0.3) is 5.91 Å². The molecule has 0 aliphatic carbocycles. The Hall–Kier alpha value is -1.15. The highest BCUT2D eigenvalue weighted by atomic mass is 32.1. The largest absolute Gasteiger partial charge is 0.390 e. The van der Waals surface area contributed by atoms with Crippen molar-refractivity contribution in [3.8, 4) is 0 Å². The van der Waals surface area contributed by atoms with E-state index in [0.717, 1.165) is 23.4 Å². The zero-order valence-corrected chi connectivity index (χ0v) is 10.2. The van der Waals surface area contributed by atoms with Gasteiger partial charge in [-0.15, -0.1) is 0 Å². The summed E-state index contributed by atoms with van der Waals surface area (Å²) in [4.78, 5) is 12.7. The number of rotatable bonds is 3. The molecule has 1 aromatic heterocycles. The van der Waals surface area contributed by atoms with Crippen LogP contribution in [0.4, 0.5) is 13.2 Å². The van der Waals surface area contributed by atoms with Crippen molar-refractivity contribution >= 4 is 17.4 Å². The summed E-state index contributed by atoms with van der Waals surface area (Å²) < 4.78 is 39.9.